The maximum absolute atomic E-state index is 12.2. The number of thiazole rings is 1. The van der Waals surface area contributed by atoms with Crippen molar-refractivity contribution in [2.24, 2.45) is 0 Å². The first-order chi connectivity index (χ1) is 7.56. The van der Waals surface area contributed by atoms with Gasteiger partial charge in [0.2, 0.25) is 0 Å². The van der Waals surface area contributed by atoms with Crippen LogP contribution in [0.4, 0.5) is 0 Å². The van der Waals surface area contributed by atoms with Gasteiger partial charge in [0.1, 0.15) is 11.2 Å². The van der Waals surface area contributed by atoms with E-state index in [1.165, 1.54) is 11.3 Å². The molecule has 0 aliphatic heterocycles. The van der Waals surface area contributed by atoms with Gasteiger partial charge in [0.25, 0.3) is 5.91 Å². The standard InChI is InChI=1S/C11H13N3OS/c1-11(2,6-12)14(8-3-4-8)10(15)9-5-16-7-13-9/h5,7-8H,3-4H2,1-2H3. The van der Waals surface area contributed by atoms with Crippen LogP contribution in [0, 0.1) is 11.3 Å². The first kappa shape index (κ1) is 11.1. The molecule has 1 amide bonds. The summed E-state index contributed by atoms with van der Waals surface area (Å²) >= 11 is 1.39. The number of carbonyl (C=O) groups is 1. The summed E-state index contributed by atoms with van der Waals surface area (Å²) in [6, 6.07) is 2.40. The summed E-state index contributed by atoms with van der Waals surface area (Å²) < 4.78 is 0. The van der Waals surface area contributed by atoms with E-state index in [0.29, 0.717) is 5.69 Å². The minimum atomic E-state index is -0.762. The summed E-state index contributed by atoms with van der Waals surface area (Å²) in [6.45, 7) is 3.55. The molecule has 1 saturated carbocycles. The molecular weight excluding hydrogens is 222 g/mol. The minimum absolute atomic E-state index is 0.129. The summed E-state index contributed by atoms with van der Waals surface area (Å²) in [7, 11) is 0. The fourth-order valence-corrected chi connectivity index (χ4v) is 2.23. The molecular formula is C11H13N3OS. The lowest BCUT2D eigenvalue weighted by Crippen LogP contribution is -2.48. The first-order valence-corrected chi connectivity index (χ1v) is 6.13. The highest BCUT2D eigenvalue weighted by Crippen LogP contribution is 2.33. The van der Waals surface area contributed by atoms with Crippen molar-refractivity contribution in [3.8, 4) is 6.07 Å². The van der Waals surface area contributed by atoms with Gasteiger partial charge in [0, 0.05) is 11.4 Å². The van der Waals surface area contributed by atoms with E-state index in [1.54, 1.807) is 29.6 Å². The van der Waals surface area contributed by atoms with E-state index < -0.39 is 5.54 Å². The second kappa shape index (κ2) is 3.87. The summed E-state index contributed by atoms with van der Waals surface area (Å²) in [6.07, 6.45) is 1.97. The SMILES string of the molecule is CC(C)(C#N)N(C(=O)c1cscn1)C1CC1. The Morgan fingerprint density at radius 3 is 2.81 bits per heavy atom. The maximum Gasteiger partial charge on any atom is 0.274 e. The van der Waals surface area contributed by atoms with Gasteiger partial charge in [-0.25, -0.2) is 4.98 Å². The average molecular weight is 235 g/mol. The zero-order chi connectivity index (χ0) is 11.8. The number of hydrogen-bond acceptors (Lipinski definition) is 4. The van der Waals surface area contributed by atoms with Crippen LogP contribution >= 0.6 is 11.3 Å². The topological polar surface area (TPSA) is 57.0 Å². The van der Waals surface area contributed by atoms with Gasteiger partial charge in [-0.15, -0.1) is 11.3 Å². The Labute approximate surface area is 98.5 Å². The fourth-order valence-electron chi connectivity index (χ4n) is 1.70. The van der Waals surface area contributed by atoms with Crippen LogP contribution in [-0.2, 0) is 0 Å². The molecule has 1 fully saturated rings. The van der Waals surface area contributed by atoms with Crippen molar-refractivity contribution in [2.75, 3.05) is 0 Å². The summed E-state index contributed by atoms with van der Waals surface area (Å²) in [4.78, 5) is 17.9. The van der Waals surface area contributed by atoms with Crippen LogP contribution in [0.2, 0.25) is 0 Å². The van der Waals surface area contributed by atoms with Crippen LogP contribution in [0.5, 0.6) is 0 Å². The molecule has 0 radical (unpaired) electrons. The predicted octanol–water partition coefficient (Wildman–Crippen LogP) is 2.05. The molecule has 0 N–H and O–H groups in total. The largest absolute Gasteiger partial charge is 0.316 e. The van der Waals surface area contributed by atoms with E-state index in [0.717, 1.165) is 12.8 Å². The average Bonchev–Trinajstić information content (AvgIpc) is 2.92. The van der Waals surface area contributed by atoms with Gasteiger partial charge in [0.05, 0.1) is 11.6 Å². The molecule has 5 heteroatoms. The monoisotopic (exact) mass is 235 g/mol. The van der Waals surface area contributed by atoms with E-state index in [9.17, 15) is 4.79 Å². The van der Waals surface area contributed by atoms with Crippen molar-refractivity contribution in [3.63, 3.8) is 0 Å². The van der Waals surface area contributed by atoms with Gasteiger partial charge in [0.15, 0.2) is 0 Å². The zero-order valence-corrected chi connectivity index (χ0v) is 10.1. The Balaban J connectivity index is 2.28. The molecule has 1 aliphatic rings. The van der Waals surface area contributed by atoms with Crippen LogP contribution in [-0.4, -0.2) is 27.4 Å². The molecule has 1 aliphatic carbocycles. The smallest absolute Gasteiger partial charge is 0.274 e. The Hall–Kier alpha value is -1.41. The van der Waals surface area contributed by atoms with E-state index >= 15 is 0 Å². The lowest BCUT2D eigenvalue weighted by atomic mass is 10.0. The molecule has 0 saturated heterocycles. The van der Waals surface area contributed by atoms with Crippen LogP contribution in [0.1, 0.15) is 37.2 Å². The first-order valence-electron chi connectivity index (χ1n) is 5.19. The van der Waals surface area contributed by atoms with Crippen molar-refractivity contribution < 1.29 is 4.79 Å². The molecule has 4 nitrogen and oxygen atoms in total. The Kier molecular flexibility index (Phi) is 2.68. The van der Waals surface area contributed by atoms with E-state index in [1.807, 2.05) is 0 Å². The number of nitriles is 1. The Bertz CT molecular complexity index is 429. The fraction of sp³-hybridized carbons (Fsp3) is 0.545. The lowest BCUT2D eigenvalue weighted by molar-refractivity contribution is 0.0610. The van der Waals surface area contributed by atoms with Crippen LogP contribution in [0.3, 0.4) is 0 Å². The van der Waals surface area contributed by atoms with Gasteiger partial charge < -0.3 is 4.90 Å². The molecule has 84 valence electrons. The summed E-state index contributed by atoms with van der Waals surface area (Å²) in [5.41, 5.74) is 1.32. The maximum atomic E-state index is 12.2. The number of nitrogens with zero attached hydrogens (tertiary/aromatic N) is 3. The molecule has 16 heavy (non-hydrogen) atoms. The molecule has 1 aromatic heterocycles. The Morgan fingerprint density at radius 2 is 2.38 bits per heavy atom. The summed E-state index contributed by atoms with van der Waals surface area (Å²) in [5.74, 6) is -0.129. The van der Waals surface area contributed by atoms with Crippen molar-refractivity contribution >= 4 is 17.2 Å². The normalized spacial score (nSPS) is 15.6. The molecule has 0 bridgehead atoms. The zero-order valence-electron chi connectivity index (χ0n) is 9.30. The lowest BCUT2D eigenvalue weighted by Gasteiger charge is -2.32. The van der Waals surface area contributed by atoms with Gasteiger partial charge in [-0.2, -0.15) is 5.26 Å². The van der Waals surface area contributed by atoms with E-state index in [4.69, 9.17) is 5.26 Å². The second-order valence-electron chi connectivity index (χ2n) is 4.45. The predicted molar refractivity (Wildman–Crippen MR) is 61.0 cm³/mol. The van der Waals surface area contributed by atoms with Crippen molar-refractivity contribution in [3.05, 3.63) is 16.6 Å². The number of carbonyl (C=O) groups excluding carboxylic acids is 1. The Morgan fingerprint density at radius 1 is 1.69 bits per heavy atom. The van der Waals surface area contributed by atoms with Gasteiger partial charge in [-0.1, -0.05) is 0 Å². The number of hydrogen-bond donors (Lipinski definition) is 0. The molecule has 1 heterocycles. The van der Waals surface area contributed by atoms with Crippen LogP contribution in [0.15, 0.2) is 10.9 Å². The summed E-state index contributed by atoms with van der Waals surface area (Å²) in [5, 5.41) is 10.9. The van der Waals surface area contributed by atoms with Crippen LogP contribution in [0.25, 0.3) is 0 Å². The van der Waals surface area contributed by atoms with Gasteiger partial charge in [-0.3, -0.25) is 4.79 Å². The molecule has 0 unspecified atom stereocenters. The molecule has 0 aromatic carbocycles. The van der Waals surface area contributed by atoms with Crippen molar-refractivity contribution in [1.82, 2.24) is 9.88 Å². The highest BCUT2D eigenvalue weighted by atomic mass is 32.1. The number of amides is 1. The third kappa shape index (κ3) is 1.93. The molecule has 2 rings (SSSR count). The number of aromatic nitrogens is 1. The van der Waals surface area contributed by atoms with E-state index in [-0.39, 0.29) is 11.9 Å². The minimum Gasteiger partial charge on any atom is -0.316 e. The molecule has 0 atom stereocenters. The number of rotatable bonds is 3. The molecule has 0 spiro atoms. The highest BCUT2D eigenvalue weighted by molar-refractivity contribution is 7.07. The van der Waals surface area contributed by atoms with Crippen molar-refractivity contribution in [1.29, 1.82) is 5.26 Å². The third-order valence-electron chi connectivity index (χ3n) is 2.66. The highest BCUT2D eigenvalue weighted by Gasteiger charge is 2.42. The molecule has 1 aromatic rings. The van der Waals surface area contributed by atoms with Gasteiger partial charge in [-0.05, 0) is 26.7 Å². The third-order valence-corrected chi connectivity index (χ3v) is 3.24. The quantitative estimate of drug-likeness (QED) is 0.805. The van der Waals surface area contributed by atoms with Crippen LogP contribution < -0.4 is 0 Å². The van der Waals surface area contributed by atoms with E-state index in [2.05, 4.69) is 11.1 Å². The van der Waals surface area contributed by atoms with Crippen molar-refractivity contribution in [2.45, 2.75) is 38.3 Å². The second-order valence-corrected chi connectivity index (χ2v) is 5.17. The van der Waals surface area contributed by atoms with Gasteiger partial charge >= 0.3 is 0 Å².